The molecule has 0 spiro atoms. The third-order valence-corrected chi connectivity index (χ3v) is 10.5. The topological polar surface area (TPSA) is 66.5 Å². The van der Waals surface area contributed by atoms with Gasteiger partial charge < -0.3 is 5.32 Å². The van der Waals surface area contributed by atoms with Crippen molar-refractivity contribution in [2.75, 3.05) is 5.32 Å². The van der Waals surface area contributed by atoms with E-state index in [1.165, 1.54) is 0 Å². The van der Waals surface area contributed by atoms with Gasteiger partial charge in [-0.2, -0.15) is 0 Å². The molecule has 1 saturated heterocycles. The van der Waals surface area contributed by atoms with Crippen LogP contribution >= 0.6 is 39.1 Å². The Morgan fingerprint density at radius 3 is 1.70 bits per heavy atom. The smallest absolute Gasteiger partial charge is 0.247 e. The molecule has 3 aliphatic carbocycles. The summed E-state index contributed by atoms with van der Waals surface area (Å²) < 4.78 is 0.930. The van der Waals surface area contributed by atoms with Crippen LogP contribution in [-0.4, -0.2) is 28.7 Å². The number of likely N-dealkylation sites (tertiary alicyclic amines) is 1. The molecule has 7 rings (SSSR count). The quantitative estimate of drug-likeness (QED) is 0.298. The number of nitrogens with one attached hydrogen (secondary N) is 1. The van der Waals surface area contributed by atoms with E-state index in [4.69, 9.17) is 23.2 Å². The van der Waals surface area contributed by atoms with Crippen LogP contribution in [0.25, 0.3) is 0 Å². The Morgan fingerprint density at radius 2 is 1.27 bits per heavy atom. The lowest BCUT2D eigenvalue weighted by Gasteiger charge is -2.54. The minimum atomic E-state index is -1.27. The first-order valence-electron chi connectivity index (χ1n) is 12.1. The van der Waals surface area contributed by atoms with Crippen LogP contribution in [0.1, 0.15) is 40.3 Å². The Kier molecular flexibility index (Phi) is 5.44. The summed E-state index contributed by atoms with van der Waals surface area (Å²) in [6.07, 6.45) is 0. The lowest BCUT2D eigenvalue weighted by Crippen LogP contribution is -2.57. The Bertz CT molecular complexity index is 1420. The molecule has 0 aromatic heterocycles. The van der Waals surface area contributed by atoms with Crippen LogP contribution in [0, 0.1) is 25.7 Å². The molecule has 1 N–H and O–H groups in total. The van der Waals surface area contributed by atoms with Gasteiger partial charge in [0.25, 0.3) is 0 Å². The van der Waals surface area contributed by atoms with Crippen molar-refractivity contribution in [1.29, 1.82) is 0 Å². The van der Waals surface area contributed by atoms with Crippen LogP contribution < -0.4 is 5.32 Å². The van der Waals surface area contributed by atoms with Crippen molar-refractivity contribution in [2.24, 2.45) is 11.8 Å². The Morgan fingerprint density at radius 1 is 0.838 bits per heavy atom. The van der Waals surface area contributed by atoms with Crippen LogP contribution in [0.15, 0.2) is 65.1 Å². The molecule has 3 amide bonds. The largest absolute Gasteiger partial charge is 0.324 e. The van der Waals surface area contributed by atoms with E-state index in [9.17, 15) is 14.4 Å². The lowest BCUT2D eigenvalue weighted by molar-refractivity contribution is -0.146. The highest BCUT2D eigenvalue weighted by Gasteiger charge is 2.73. The molecule has 4 aliphatic rings. The number of nitrogens with zero attached hydrogens (tertiary/aromatic N) is 1. The number of carbonyl (C=O) groups is 3. The fourth-order valence-electron chi connectivity index (χ4n) is 6.35. The maximum atomic E-state index is 14.0. The molecule has 0 unspecified atom stereocenters. The van der Waals surface area contributed by atoms with E-state index in [1.54, 1.807) is 13.0 Å². The van der Waals surface area contributed by atoms with Crippen molar-refractivity contribution in [3.8, 4) is 0 Å². The summed E-state index contributed by atoms with van der Waals surface area (Å²) >= 11 is 18.4. The zero-order chi connectivity index (χ0) is 26.4. The van der Waals surface area contributed by atoms with Gasteiger partial charge >= 0.3 is 0 Å². The second-order valence-corrected chi connectivity index (χ2v) is 12.1. The molecular weight excluding hydrogens is 575 g/mol. The number of hydrogen-bond donors (Lipinski definition) is 1. The summed E-state index contributed by atoms with van der Waals surface area (Å²) in [5, 5.41) is 2.90. The fraction of sp³-hybridized carbons (Fsp3) is 0.276. The van der Waals surface area contributed by atoms with Crippen LogP contribution in [0.5, 0.6) is 0 Å². The number of imide groups is 1. The van der Waals surface area contributed by atoms with Crippen LogP contribution in [0.3, 0.4) is 0 Å². The maximum Gasteiger partial charge on any atom is 0.247 e. The average molecular weight is 598 g/mol. The number of halogens is 3. The number of hydrogen-bond acceptors (Lipinski definition) is 3. The minimum Gasteiger partial charge on any atom is -0.324 e. The van der Waals surface area contributed by atoms with E-state index in [-0.39, 0.29) is 0 Å². The number of amides is 3. The van der Waals surface area contributed by atoms with Crippen LogP contribution in [0.2, 0.25) is 0 Å². The summed E-state index contributed by atoms with van der Waals surface area (Å²) in [5.74, 6) is -3.29. The standard InChI is InChI=1S/C29H23BrCl2N2O3/c1-14-15(2)22(13-12-21(14)30)33-25(35)16(3)34-26(36)23-24(27(34)37)29(32)18-9-5-4-8-17(18)28(23,31)19-10-6-7-11-20(19)29/h4-13,16,23-24H,1-3H3,(H,33,35)/t16-,23-,24+,28?,29?/m1/s1. The lowest BCUT2D eigenvalue weighted by atomic mass is 9.54. The van der Waals surface area contributed by atoms with Gasteiger partial charge in [-0.25, -0.2) is 0 Å². The average Bonchev–Trinajstić information content (AvgIpc) is 3.18. The first-order valence-corrected chi connectivity index (χ1v) is 13.6. The normalized spacial score (nSPS) is 28.0. The molecule has 37 heavy (non-hydrogen) atoms. The molecule has 1 fully saturated rings. The highest BCUT2D eigenvalue weighted by atomic mass is 79.9. The van der Waals surface area contributed by atoms with Gasteiger partial charge in [-0.05, 0) is 66.3 Å². The summed E-state index contributed by atoms with van der Waals surface area (Å²) in [6.45, 7) is 5.41. The molecule has 188 valence electrons. The van der Waals surface area contributed by atoms with Crippen molar-refractivity contribution >= 4 is 62.5 Å². The number of anilines is 1. The first-order chi connectivity index (χ1) is 17.5. The van der Waals surface area contributed by atoms with Gasteiger partial charge in [0, 0.05) is 10.2 Å². The molecule has 5 nitrogen and oxygen atoms in total. The van der Waals surface area contributed by atoms with Crippen molar-refractivity contribution < 1.29 is 14.4 Å². The Labute approximate surface area is 233 Å². The maximum absolute atomic E-state index is 14.0. The third kappa shape index (κ3) is 3.01. The van der Waals surface area contributed by atoms with Crippen molar-refractivity contribution in [3.05, 3.63) is 98.5 Å². The molecule has 3 aromatic carbocycles. The monoisotopic (exact) mass is 596 g/mol. The highest BCUT2D eigenvalue weighted by molar-refractivity contribution is 9.10. The van der Waals surface area contributed by atoms with E-state index in [0.717, 1.165) is 42.8 Å². The van der Waals surface area contributed by atoms with E-state index in [0.29, 0.717) is 5.69 Å². The summed E-state index contributed by atoms with van der Waals surface area (Å²) in [6, 6.07) is 17.5. The van der Waals surface area contributed by atoms with E-state index in [1.807, 2.05) is 68.4 Å². The van der Waals surface area contributed by atoms with Gasteiger partial charge in [0.05, 0.1) is 11.8 Å². The predicted octanol–water partition coefficient (Wildman–Crippen LogP) is 5.99. The Hall–Kier alpha value is -2.67. The highest BCUT2D eigenvalue weighted by Crippen LogP contribution is 2.69. The molecule has 1 aliphatic heterocycles. The van der Waals surface area contributed by atoms with E-state index >= 15 is 0 Å². The first kappa shape index (κ1) is 24.7. The molecule has 1 heterocycles. The molecule has 0 saturated carbocycles. The van der Waals surface area contributed by atoms with Gasteiger partial charge in [-0.3, -0.25) is 19.3 Å². The van der Waals surface area contributed by atoms with Crippen LogP contribution in [0.4, 0.5) is 5.69 Å². The van der Waals surface area contributed by atoms with Gasteiger partial charge in [0.1, 0.15) is 15.8 Å². The van der Waals surface area contributed by atoms with Gasteiger partial charge in [0.15, 0.2) is 0 Å². The number of benzene rings is 3. The second-order valence-electron chi connectivity index (χ2n) is 10.0. The minimum absolute atomic E-state index is 0.459. The summed E-state index contributed by atoms with van der Waals surface area (Å²) in [5.41, 5.74) is 5.42. The van der Waals surface area contributed by atoms with Gasteiger partial charge in [-0.15, -0.1) is 23.2 Å². The molecular formula is C29H23BrCl2N2O3. The number of carbonyl (C=O) groups excluding carboxylic acids is 3. The van der Waals surface area contributed by atoms with Crippen molar-refractivity contribution in [2.45, 2.75) is 36.6 Å². The summed E-state index contributed by atoms with van der Waals surface area (Å²) in [4.78, 5) is 40.0. The molecule has 0 radical (unpaired) electrons. The second kappa shape index (κ2) is 8.16. The molecule has 8 heteroatoms. The third-order valence-electron chi connectivity index (χ3n) is 8.37. The zero-order valence-corrected chi connectivity index (χ0v) is 23.4. The van der Waals surface area contributed by atoms with Crippen molar-refractivity contribution in [3.63, 3.8) is 0 Å². The summed E-state index contributed by atoms with van der Waals surface area (Å²) in [7, 11) is 0. The SMILES string of the molecule is Cc1c(Br)ccc(NC(=O)[C@@H](C)N2C(=O)[C@@H]3[C@H](C2=O)C2(Cl)c4ccccc4C3(Cl)c3ccccc32)c1C. The van der Waals surface area contributed by atoms with Gasteiger partial charge in [-0.1, -0.05) is 64.5 Å². The molecule has 3 aromatic rings. The molecule has 3 atom stereocenters. The fourth-order valence-corrected chi connectivity index (χ4v) is 7.88. The van der Waals surface area contributed by atoms with Gasteiger partial charge in [0.2, 0.25) is 17.7 Å². The zero-order valence-electron chi connectivity index (χ0n) is 20.3. The van der Waals surface area contributed by atoms with E-state index in [2.05, 4.69) is 21.2 Å². The Balaban J connectivity index is 1.43. The molecule has 2 bridgehead atoms. The van der Waals surface area contributed by atoms with E-state index < -0.39 is 45.3 Å². The number of rotatable bonds is 3. The predicted molar refractivity (Wildman–Crippen MR) is 147 cm³/mol. The van der Waals surface area contributed by atoms with Crippen molar-refractivity contribution in [1.82, 2.24) is 4.90 Å². The number of alkyl halides is 2. The van der Waals surface area contributed by atoms with Crippen LogP contribution in [-0.2, 0) is 24.1 Å².